The van der Waals surface area contributed by atoms with Gasteiger partial charge in [0.25, 0.3) is 5.91 Å². The van der Waals surface area contributed by atoms with Gasteiger partial charge in [0.1, 0.15) is 5.75 Å². The van der Waals surface area contributed by atoms with E-state index < -0.39 is 0 Å². The summed E-state index contributed by atoms with van der Waals surface area (Å²) >= 11 is 0. The number of benzene rings is 2. The zero-order chi connectivity index (χ0) is 21.8. The number of rotatable bonds is 6. The Bertz CT molecular complexity index is 1090. The molecule has 0 radical (unpaired) electrons. The number of imidazole rings is 1. The first-order chi connectivity index (χ1) is 15.1. The molecule has 0 saturated heterocycles. The largest absolute Gasteiger partial charge is 0.495 e. The molecule has 31 heavy (non-hydrogen) atoms. The van der Waals surface area contributed by atoms with Crippen LogP contribution in [0.3, 0.4) is 0 Å². The highest BCUT2D eigenvalue weighted by atomic mass is 16.5. The second-order valence-electron chi connectivity index (χ2n) is 7.65. The van der Waals surface area contributed by atoms with Crippen LogP contribution in [0.25, 0.3) is 0 Å². The van der Waals surface area contributed by atoms with Gasteiger partial charge in [0, 0.05) is 43.2 Å². The van der Waals surface area contributed by atoms with Crippen LogP contribution in [0.15, 0.2) is 55.1 Å². The van der Waals surface area contributed by atoms with Gasteiger partial charge in [0.15, 0.2) is 0 Å². The maximum atomic E-state index is 13.4. The van der Waals surface area contributed by atoms with Crippen LogP contribution >= 0.6 is 0 Å². The van der Waals surface area contributed by atoms with E-state index in [1.165, 1.54) is 0 Å². The maximum absolute atomic E-state index is 13.4. The lowest BCUT2D eigenvalue weighted by atomic mass is 9.95. The molecule has 7 nitrogen and oxygen atoms in total. The van der Waals surface area contributed by atoms with Crippen LogP contribution in [0.5, 0.6) is 5.75 Å². The van der Waals surface area contributed by atoms with Crippen LogP contribution < -0.4 is 15.0 Å². The van der Waals surface area contributed by atoms with Crippen molar-refractivity contribution in [1.29, 1.82) is 0 Å². The average Bonchev–Trinajstić information content (AvgIpc) is 3.31. The van der Waals surface area contributed by atoms with E-state index in [-0.39, 0.29) is 11.8 Å². The van der Waals surface area contributed by atoms with Crippen molar-refractivity contribution in [2.45, 2.75) is 32.7 Å². The van der Waals surface area contributed by atoms with Gasteiger partial charge >= 0.3 is 0 Å². The molecule has 0 bridgehead atoms. The van der Waals surface area contributed by atoms with Crippen molar-refractivity contribution < 1.29 is 14.3 Å². The number of anilines is 2. The number of nitrogens with zero attached hydrogens (tertiary/aromatic N) is 3. The molecule has 2 amide bonds. The number of aromatic nitrogens is 2. The summed E-state index contributed by atoms with van der Waals surface area (Å²) in [5.41, 5.74) is 4.31. The van der Waals surface area contributed by atoms with Crippen molar-refractivity contribution >= 4 is 23.2 Å². The summed E-state index contributed by atoms with van der Waals surface area (Å²) in [5.74, 6) is 0.496. The van der Waals surface area contributed by atoms with Crippen molar-refractivity contribution in [1.82, 2.24) is 9.55 Å². The summed E-state index contributed by atoms with van der Waals surface area (Å²) in [6.45, 7) is 3.24. The Kier molecular flexibility index (Phi) is 6.02. The van der Waals surface area contributed by atoms with Crippen molar-refractivity contribution in [3.63, 3.8) is 0 Å². The number of nitrogens with one attached hydrogen (secondary N) is 1. The van der Waals surface area contributed by atoms with Crippen LogP contribution in [0.2, 0.25) is 0 Å². The normalized spacial score (nSPS) is 12.9. The van der Waals surface area contributed by atoms with Crippen LogP contribution in [0.1, 0.15) is 34.3 Å². The molecule has 1 N–H and O–H groups in total. The quantitative estimate of drug-likeness (QED) is 0.660. The van der Waals surface area contributed by atoms with Gasteiger partial charge < -0.3 is 19.5 Å². The molecule has 4 rings (SSSR count). The maximum Gasteiger partial charge on any atom is 0.258 e. The van der Waals surface area contributed by atoms with E-state index in [4.69, 9.17) is 4.74 Å². The van der Waals surface area contributed by atoms with Crippen LogP contribution in [0.4, 0.5) is 11.4 Å². The highest BCUT2D eigenvalue weighted by Gasteiger charge is 2.28. The second kappa shape index (κ2) is 9.04. The van der Waals surface area contributed by atoms with E-state index in [0.29, 0.717) is 36.5 Å². The van der Waals surface area contributed by atoms with Gasteiger partial charge in [-0.1, -0.05) is 12.1 Å². The van der Waals surface area contributed by atoms with E-state index in [9.17, 15) is 9.59 Å². The molecule has 2 heterocycles. The van der Waals surface area contributed by atoms with E-state index in [2.05, 4.69) is 17.2 Å². The number of amides is 2. The third-order valence-corrected chi connectivity index (χ3v) is 5.57. The fourth-order valence-corrected chi connectivity index (χ4v) is 3.98. The van der Waals surface area contributed by atoms with Crippen molar-refractivity contribution in [3.8, 4) is 5.75 Å². The third-order valence-electron chi connectivity index (χ3n) is 5.57. The Morgan fingerprint density at radius 2 is 2.10 bits per heavy atom. The van der Waals surface area contributed by atoms with Gasteiger partial charge in [0.2, 0.25) is 5.91 Å². The Labute approximate surface area is 181 Å². The molecule has 0 fully saturated rings. The molecule has 1 aliphatic heterocycles. The SMILES string of the molecule is COc1ccc(C)c2c1N(C(=O)c1cccc(NC(=O)CCn3ccnc3)c1)CCC2. The molecule has 2 aromatic carbocycles. The Morgan fingerprint density at radius 3 is 2.87 bits per heavy atom. The summed E-state index contributed by atoms with van der Waals surface area (Å²) in [5, 5.41) is 2.89. The monoisotopic (exact) mass is 418 g/mol. The number of fused-ring (bicyclic) bond motifs is 1. The van der Waals surface area contributed by atoms with Crippen LogP contribution in [-0.4, -0.2) is 35.0 Å². The predicted octanol–water partition coefficient (Wildman–Crippen LogP) is 3.82. The number of carbonyl (C=O) groups excluding carboxylic acids is 2. The van der Waals surface area contributed by atoms with Crippen molar-refractivity contribution in [2.24, 2.45) is 0 Å². The molecule has 1 aliphatic rings. The smallest absolute Gasteiger partial charge is 0.258 e. The minimum absolute atomic E-state index is 0.0978. The van der Waals surface area contributed by atoms with E-state index >= 15 is 0 Å². The lowest BCUT2D eigenvalue weighted by Crippen LogP contribution is -2.36. The van der Waals surface area contributed by atoms with Gasteiger partial charge in [-0.25, -0.2) is 4.98 Å². The summed E-state index contributed by atoms with van der Waals surface area (Å²) in [6, 6.07) is 11.0. The molecule has 0 atom stereocenters. The topological polar surface area (TPSA) is 76.5 Å². The van der Waals surface area contributed by atoms with Gasteiger partial charge in [-0.2, -0.15) is 0 Å². The lowest BCUT2D eigenvalue weighted by molar-refractivity contribution is -0.116. The average molecular weight is 418 g/mol. The first-order valence-electron chi connectivity index (χ1n) is 10.4. The Morgan fingerprint density at radius 1 is 1.23 bits per heavy atom. The number of hydrogen-bond donors (Lipinski definition) is 1. The number of ether oxygens (including phenoxy) is 1. The summed E-state index contributed by atoms with van der Waals surface area (Å²) < 4.78 is 7.41. The second-order valence-corrected chi connectivity index (χ2v) is 7.65. The lowest BCUT2D eigenvalue weighted by Gasteiger charge is -2.32. The summed E-state index contributed by atoms with van der Waals surface area (Å²) in [4.78, 5) is 31.5. The fraction of sp³-hybridized carbons (Fsp3) is 0.292. The summed E-state index contributed by atoms with van der Waals surface area (Å²) in [6.07, 6.45) is 7.33. The Hall–Kier alpha value is -3.61. The zero-order valence-electron chi connectivity index (χ0n) is 17.8. The molecule has 3 aromatic rings. The number of aryl methyl sites for hydroxylation is 2. The molecular formula is C24H26N4O3. The van der Waals surface area contributed by atoms with Crippen molar-refractivity contribution in [3.05, 3.63) is 71.8 Å². The molecule has 7 heteroatoms. The van der Waals surface area contributed by atoms with Crippen LogP contribution in [-0.2, 0) is 17.8 Å². The van der Waals surface area contributed by atoms with E-state index in [1.807, 2.05) is 22.9 Å². The predicted molar refractivity (Wildman–Crippen MR) is 120 cm³/mol. The van der Waals surface area contributed by atoms with Gasteiger partial charge in [0.05, 0.1) is 19.1 Å². The van der Waals surface area contributed by atoms with Gasteiger partial charge in [-0.05, 0) is 55.2 Å². The minimum atomic E-state index is -0.112. The highest BCUT2D eigenvalue weighted by molar-refractivity contribution is 6.08. The number of hydrogen-bond acceptors (Lipinski definition) is 4. The highest BCUT2D eigenvalue weighted by Crippen LogP contribution is 2.39. The molecule has 160 valence electrons. The van der Waals surface area contributed by atoms with Crippen LogP contribution in [0, 0.1) is 6.92 Å². The van der Waals surface area contributed by atoms with Gasteiger partial charge in [-0.3, -0.25) is 9.59 Å². The molecule has 0 aliphatic carbocycles. The molecule has 0 spiro atoms. The molecule has 1 aromatic heterocycles. The molecular weight excluding hydrogens is 392 g/mol. The zero-order valence-corrected chi connectivity index (χ0v) is 17.8. The first-order valence-corrected chi connectivity index (χ1v) is 10.4. The minimum Gasteiger partial charge on any atom is -0.495 e. The molecule has 0 saturated carbocycles. The third kappa shape index (κ3) is 4.45. The fourth-order valence-electron chi connectivity index (χ4n) is 3.98. The number of methoxy groups -OCH3 is 1. The summed E-state index contributed by atoms with van der Waals surface area (Å²) in [7, 11) is 1.63. The molecule has 0 unspecified atom stereocenters. The Balaban J connectivity index is 1.52. The number of carbonyl (C=O) groups is 2. The first kappa shape index (κ1) is 20.7. The van der Waals surface area contributed by atoms with E-state index in [1.54, 1.807) is 48.8 Å². The van der Waals surface area contributed by atoms with E-state index in [0.717, 1.165) is 29.7 Å². The standard InChI is InChI=1S/C24H26N4O3/c1-17-8-9-21(31-2)23-20(17)7-4-12-28(23)24(30)18-5-3-6-19(15-18)26-22(29)10-13-27-14-11-25-16-27/h3,5-6,8-9,11,14-16H,4,7,10,12-13H2,1-2H3,(H,26,29). The van der Waals surface area contributed by atoms with Gasteiger partial charge in [-0.15, -0.1) is 0 Å². The van der Waals surface area contributed by atoms with Crippen molar-refractivity contribution in [2.75, 3.05) is 23.9 Å².